The van der Waals surface area contributed by atoms with Crippen molar-refractivity contribution in [2.24, 2.45) is 11.7 Å². The van der Waals surface area contributed by atoms with Gasteiger partial charge < -0.3 is 15.7 Å². The van der Waals surface area contributed by atoms with Gasteiger partial charge in [0.2, 0.25) is 0 Å². The van der Waals surface area contributed by atoms with Crippen molar-refractivity contribution in [2.45, 2.75) is 56.9 Å². The summed E-state index contributed by atoms with van der Waals surface area (Å²) in [6, 6.07) is 0. The lowest BCUT2D eigenvalue weighted by Gasteiger charge is -2.31. The van der Waals surface area contributed by atoms with E-state index < -0.39 is 0 Å². The fourth-order valence-corrected chi connectivity index (χ4v) is 3.51. The van der Waals surface area contributed by atoms with Gasteiger partial charge in [-0.3, -0.25) is 0 Å². The van der Waals surface area contributed by atoms with Gasteiger partial charge in [0.15, 0.2) is 0 Å². The molecule has 100 valence electrons. The first-order valence-corrected chi connectivity index (χ1v) is 7.37. The number of aliphatic hydroxyl groups is 1. The summed E-state index contributed by atoms with van der Waals surface area (Å²) in [6.45, 7) is 3.88. The first-order valence-electron chi connectivity index (χ1n) is 7.37. The largest absolute Gasteiger partial charge is 0.394 e. The molecule has 17 heavy (non-hydrogen) atoms. The van der Waals surface area contributed by atoms with E-state index >= 15 is 0 Å². The number of likely N-dealkylation sites (tertiary alicyclic amines) is 1. The summed E-state index contributed by atoms with van der Waals surface area (Å²) in [5.41, 5.74) is 6.01. The van der Waals surface area contributed by atoms with Crippen LogP contribution in [0, 0.1) is 5.92 Å². The smallest absolute Gasteiger partial charge is 0.0613 e. The van der Waals surface area contributed by atoms with Gasteiger partial charge in [-0.05, 0) is 57.7 Å². The van der Waals surface area contributed by atoms with Gasteiger partial charge in [-0.25, -0.2) is 0 Å². The normalized spacial score (nSPS) is 36.0. The predicted molar refractivity (Wildman–Crippen MR) is 70.9 cm³/mol. The third-order valence-corrected chi connectivity index (χ3v) is 4.79. The quantitative estimate of drug-likeness (QED) is 0.787. The SMILES string of the molecule is NC1(CO)CCCC1CCN1CCCCCC1. The number of nitrogens with zero attached hydrogens (tertiary/aromatic N) is 1. The van der Waals surface area contributed by atoms with Crippen LogP contribution in [0.1, 0.15) is 51.4 Å². The summed E-state index contributed by atoms with van der Waals surface area (Å²) < 4.78 is 0. The molecule has 0 radical (unpaired) electrons. The molecule has 1 saturated heterocycles. The lowest BCUT2D eigenvalue weighted by Crippen LogP contribution is -2.47. The Morgan fingerprint density at radius 1 is 1.12 bits per heavy atom. The van der Waals surface area contributed by atoms with Crippen molar-refractivity contribution in [1.82, 2.24) is 4.90 Å². The van der Waals surface area contributed by atoms with E-state index in [2.05, 4.69) is 4.90 Å². The van der Waals surface area contributed by atoms with Crippen LogP contribution in [0.25, 0.3) is 0 Å². The molecule has 2 aliphatic rings. The molecule has 2 atom stereocenters. The maximum absolute atomic E-state index is 9.44. The Morgan fingerprint density at radius 3 is 2.47 bits per heavy atom. The number of rotatable bonds is 4. The number of nitrogens with two attached hydrogens (primary N) is 1. The van der Waals surface area contributed by atoms with Gasteiger partial charge in [0.1, 0.15) is 0 Å². The van der Waals surface area contributed by atoms with Crippen LogP contribution in [0.5, 0.6) is 0 Å². The lowest BCUT2D eigenvalue weighted by atomic mass is 9.86. The van der Waals surface area contributed by atoms with E-state index in [9.17, 15) is 5.11 Å². The standard InChI is InChI=1S/C14H28N2O/c15-14(12-17)8-5-6-13(14)7-11-16-9-3-1-2-4-10-16/h13,17H,1-12,15H2. The minimum Gasteiger partial charge on any atom is -0.394 e. The van der Waals surface area contributed by atoms with Gasteiger partial charge in [-0.1, -0.05) is 19.3 Å². The molecule has 1 heterocycles. The Kier molecular flexibility index (Phi) is 4.83. The third-order valence-electron chi connectivity index (χ3n) is 4.79. The molecule has 3 heteroatoms. The number of aliphatic hydroxyl groups excluding tert-OH is 1. The van der Waals surface area contributed by atoms with Crippen LogP contribution in [0.2, 0.25) is 0 Å². The second-order valence-corrected chi connectivity index (χ2v) is 6.02. The molecule has 0 bridgehead atoms. The third kappa shape index (κ3) is 3.43. The van der Waals surface area contributed by atoms with Crippen molar-refractivity contribution in [3.63, 3.8) is 0 Å². The summed E-state index contributed by atoms with van der Waals surface area (Å²) in [5, 5.41) is 9.44. The second-order valence-electron chi connectivity index (χ2n) is 6.02. The van der Waals surface area contributed by atoms with Crippen LogP contribution in [-0.4, -0.2) is 41.8 Å². The molecule has 1 aliphatic carbocycles. The highest BCUT2D eigenvalue weighted by Crippen LogP contribution is 2.35. The number of hydrogen-bond donors (Lipinski definition) is 2. The highest BCUT2D eigenvalue weighted by Gasteiger charge is 2.38. The summed E-state index contributed by atoms with van der Waals surface area (Å²) in [6.07, 6.45) is 10.1. The molecule has 1 aliphatic heterocycles. The van der Waals surface area contributed by atoms with Crippen LogP contribution in [0.4, 0.5) is 0 Å². The molecule has 1 saturated carbocycles. The van der Waals surface area contributed by atoms with Crippen LogP contribution >= 0.6 is 0 Å². The van der Waals surface area contributed by atoms with Gasteiger partial charge in [0, 0.05) is 5.54 Å². The van der Waals surface area contributed by atoms with Crippen LogP contribution in [0.3, 0.4) is 0 Å². The van der Waals surface area contributed by atoms with Gasteiger partial charge in [0.05, 0.1) is 6.61 Å². The molecular formula is C14H28N2O. The van der Waals surface area contributed by atoms with Crippen LogP contribution in [0.15, 0.2) is 0 Å². The maximum Gasteiger partial charge on any atom is 0.0613 e. The monoisotopic (exact) mass is 240 g/mol. The average Bonchev–Trinajstić information content (AvgIpc) is 2.55. The second kappa shape index (κ2) is 6.17. The van der Waals surface area contributed by atoms with Gasteiger partial charge in [0.25, 0.3) is 0 Å². The van der Waals surface area contributed by atoms with Crippen molar-refractivity contribution in [3.05, 3.63) is 0 Å². The summed E-state index contributed by atoms with van der Waals surface area (Å²) in [7, 11) is 0. The fourth-order valence-electron chi connectivity index (χ4n) is 3.51. The Hall–Kier alpha value is -0.120. The van der Waals surface area contributed by atoms with E-state index in [4.69, 9.17) is 5.73 Å². The molecule has 0 spiro atoms. The molecule has 0 amide bonds. The highest BCUT2D eigenvalue weighted by molar-refractivity contribution is 4.96. The first kappa shape index (κ1) is 13.3. The van der Waals surface area contributed by atoms with Crippen molar-refractivity contribution >= 4 is 0 Å². The molecule has 2 unspecified atom stereocenters. The van der Waals surface area contributed by atoms with Crippen LogP contribution < -0.4 is 5.73 Å². The van der Waals surface area contributed by atoms with Gasteiger partial charge in [-0.15, -0.1) is 0 Å². The van der Waals surface area contributed by atoms with E-state index in [1.54, 1.807) is 0 Å². The van der Waals surface area contributed by atoms with E-state index in [0.29, 0.717) is 5.92 Å². The summed E-state index contributed by atoms with van der Waals surface area (Å²) in [5.74, 6) is 0.538. The zero-order valence-corrected chi connectivity index (χ0v) is 11.0. The van der Waals surface area contributed by atoms with Gasteiger partial charge >= 0.3 is 0 Å². The Morgan fingerprint density at radius 2 is 1.82 bits per heavy atom. The molecular weight excluding hydrogens is 212 g/mol. The van der Waals surface area contributed by atoms with Crippen molar-refractivity contribution in [1.29, 1.82) is 0 Å². The predicted octanol–water partition coefficient (Wildman–Crippen LogP) is 1.74. The molecule has 0 aromatic heterocycles. The molecule has 0 aromatic rings. The Bertz CT molecular complexity index is 226. The Balaban J connectivity index is 1.76. The molecule has 3 N–H and O–H groups in total. The van der Waals surface area contributed by atoms with E-state index in [1.807, 2.05) is 0 Å². The molecule has 2 fully saturated rings. The van der Waals surface area contributed by atoms with Crippen molar-refractivity contribution in [2.75, 3.05) is 26.2 Å². The maximum atomic E-state index is 9.44. The summed E-state index contributed by atoms with van der Waals surface area (Å²) >= 11 is 0. The minimum absolute atomic E-state index is 0.164. The van der Waals surface area contributed by atoms with E-state index in [-0.39, 0.29) is 12.1 Å². The highest BCUT2D eigenvalue weighted by atomic mass is 16.3. The van der Waals surface area contributed by atoms with Crippen LogP contribution in [-0.2, 0) is 0 Å². The Labute approximate surface area is 105 Å². The topological polar surface area (TPSA) is 49.5 Å². The average molecular weight is 240 g/mol. The lowest BCUT2D eigenvalue weighted by molar-refractivity contribution is 0.144. The van der Waals surface area contributed by atoms with Gasteiger partial charge in [-0.2, -0.15) is 0 Å². The summed E-state index contributed by atoms with van der Waals surface area (Å²) in [4.78, 5) is 2.60. The minimum atomic E-state index is -0.272. The van der Waals surface area contributed by atoms with Crippen molar-refractivity contribution in [3.8, 4) is 0 Å². The van der Waals surface area contributed by atoms with Crippen molar-refractivity contribution < 1.29 is 5.11 Å². The van der Waals surface area contributed by atoms with E-state index in [1.165, 1.54) is 64.6 Å². The molecule has 3 nitrogen and oxygen atoms in total. The number of hydrogen-bond acceptors (Lipinski definition) is 3. The van der Waals surface area contributed by atoms with E-state index in [0.717, 1.165) is 6.42 Å². The fraction of sp³-hybridized carbons (Fsp3) is 1.00. The molecule has 0 aromatic carbocycles. The zero-order valence-electron chi connectivity index (χ0n) is 11.0. The zero-order chi connectivity index (χ0) is 12.1. The molecule has 2 rings (SSSR count). The first-order chi connectivity index (χ1) is 8.24.